The smallest absolute Gasteiger partial charge is 0.331 e. The maximum Gasteiger partial charge on any atom is 0.331 e. The zero-order chi connectivity index (χ0) is 42.7. The maximum absolute atomic E-state index is 13.3. The quantitative estimate of drug-likeness (QED) is 0.0663. The third-order valence-corrected chi connectivity index (χ3v) is 15.4. The molecular weight excluding hydrogens is 763 g/mol. The minimum atomic E-state index is -1.12. The van der Waals surface area contributed by atoms with E-state index in [1.807, 2.05) is 4.98 Å². The Bertz CT molecular complexity index is 1670. The second-order valence-corrected chi connectivity index (χ2v) is 18.9. The van der Waals surface area contributed by atoms with Crippen molar-refractivity contribution >= 4 is 17.9 Å². The number of nitrogens with zero attached hydrogens (tertiary/aromatic N) is 1. The Kier molecular flexibility index (Phi) is 17.2. The van der Waals surface area contributed by atoms with Gasteiger partial charge in [-0.3, -0.25) is 28.7 Å². The number of carboxylic acid groups (broad SMARTS) is 1. The average molecular weight is 835 g/mol. The predicted octanol–water partition coefficient (Wildman–Crippen LogP) is 6.89. The van der Waals surface area contributed by atoms with Gasteiger partial charge in [-0.25, -0.2) is 4.79 Å². The number of aromatic amines is 1. The SMILES string of the molecule is C[C@H](CCC(=O)O)[C@H]1CC[C@H]2[C@@H]3[C@H](O)C[C@@H]4C[C@@H](OCCOC(=O)CCCCCCCCCCCCC(=O)OCn5cc(F)c(=O)[nH]c5=O)CC[C@]4(C)[C@H]3C[C@H](O)[C@]12C. The third kappa shape index (κ3) is 11.8. The molecule has 14 heteroatoms. The zero-order valence-electron chi connectivity index (χ0n) is 35.7. The number of esters is 2. The normalized spacial score (nSPS) is 31.8. The molecule has 0 bridgehead atoms. The van der Waals surface area contributed by atoms with E-state index in [1.165, 1.54) is 0 Å². The number of aliphatic hydroxyl groups is 2. The van der Waals surface area contributed by atoms with Crippen LogP contribution < -0.4 is 11.2 Å². The van der Waals surface area contributed by atoms with E-state index in [1.54, 1.807) is 0 Å². The molecule has 1 aromatic rings. The van der Waals surface area contributed by atoms with Crippen molar-refractivity contribution < 1.29 is 48.3 Å². The molecule has 4 fully saturated rings. The monoisotopic (exact) mass is 835 g/mol. The highest BCUT2D eigenvalue weighted by molar-refractivity contribution is 5.69. The second kappa shape index (κ2) is 21.6. The van der Waals surface area contributed by atoms with Crippen molar-refractivity contribution in [3.05, 3.63) is 32.9 Å². The van der Waals surface area contributed by atoms with E-state index in [-0.39, 0.29) is 71.9 Å². The molecular formula is C45H71FN2O11. The fourth-order valence-corrected chi connectivity index (χ4v) is 12.0. The molecule has 0 amide bonds. The number of halogens is 1. The van der Waals surface area contributed by atoms with Crippen LogP contribution >= 0.6 is 0 Å². The van der Waals surface area contributed by atoms with E-state index in [4.69, 9.17) is 14.2 Å². The van der Waals surface area contributed by atoms with Crippen molar-refractivity contribution in [2.75, 3.05) is 13.2 Å². The maximum atomic E-state index is 13.3. The van der Waals surface area contributed by atoms with Gasteiger partial charge in [-0.15, -0.1) is 0 Å². The molecule has 4 aliphatic carbocycles. The Morgan fingerprint density at radius 2 is 1.47 bits per heavy atom. The number of aromatic nitrogens is 2. The largest absolute Gasteiger partial charge is 0.481 e. The first-order chi connectivity index (χ1) is 28.1. The lowest BCUT2D eigenvalue weighted by atomic mass is 9.43. The third-order valence-electron chi connectivity index (χ3n) is 15.4. The topological polar surface area (TPSA) is 194 Å². The molecule has 0 radical (unpaired) electrons. The second-order valence-electron chi connectivity index (χ2n) is 18.9. The summed E-state index contributed by atoms with van der Waals surface area (Å²) in [4.78, 5) is 60.1. The fourth-order valence-electron chi connectivity index (χ4n) is 12.0. The Labute approximate surface area is 348 Å². The number of hydrogen-bond donors (Lipinski definition) is 4. The van der Waals surface area contributed by atoms with Crippen LogP contribution in [-0.4, -0.2) is 74.3 Å². The zero-order valence-corrected chi connectivity index (χ0v) is 35.7. The van der Waals surface area contributed by atoms with E-state index < -0.39 is 47.9 Å². The highest BCUT2D eigenvalue weighted by Crippen LogP contribution is 2.68. The lowest BCUT2D eigenvalue weighted by Crippen LogP contribution is -2.62. The molecule has 0 aromatic carbocycles. The van der Waals surface area contributed by atoms with E-state index in [9.17, 15) is 43.7 Å². The molecule has 4 N–H and O–H groups in total. The molecule has 0 unspecified atom stereocenters. The van der Waals surface area contributed by atoms with E-state index in [0.29, 0.717) is 44.4 Å². The van der Waals surface area contributed by atoms with Crippen LogP contribution in [-0.2, 0) is 35.3 Å². The number of fused-ring (bicyclic) bond motifs is 5. The molecule has 13 nitrogen and oxygen atoms in total. The summed E-state index contributed by atoms with van der Waals surface area (Å²) in [5.74, 6) is -1.14. The number of hydrogen-bond acceptors (Lipinski definition) is 10. The molecule has 334 valence electrons. The summed E-state index contributed by atoms with van der Waals surface area (Å²) in [7, 11) is 0. The summed E-state index contributed by atoms with van der Waals surface area (Å²) in [6, 6.07) is 0. The molecule has 4 aliphatic rings. The first-order valence-corrected chi connectivity index (χ1v) is 22.6. The van der Waals surface area contributed by atoms with Gasteiger partial charge in [-0.1, -0.05) is 72.1 Å². The minimum absolute atomic E-state index is 0.0257. The van der Waals surface area contributed by atoms with Gasteiger partial charge < -0.3 is 29.5 Å². The minimum Gasteiger partial charge on any atom is -0.481 e. The van der Waals surface area contributed by atoms with Crippen molar-refractivity contribution in [2.45, 2.75) is 181 Å². The molecule has 0 saturated heterocycles. The Morgan fingerprint density at radius 3 is 2.12 bits per heavy atom. The van der Waals surface area contributed by atoms with E-state index >= 15 is 0 Å². The van der Waals surface area contributed by atoms with Crippen LogP contribution in [0.4, 0.5) is 4.39 Å². The van der Waals surface area contributed by atoms with Gasteiger partial charge in [-0.05, 0) is 111 Å². The summed E-state index contributed by atoms with van der Waals surface area (Å²) in [5.41, 5.74) is -2.23. The van der Waals surface area contributed by atoms with Gasteiger partial charge in [0.1, 0.15) is 6.61 Å². The lowest BCUT2D eigenvalue weighted by Gasteiger charge is -2.63. The Balaban J connectivity index is 0.877. The fraction of sp³-hybridized carbons (Fsp3) is 0.844. The van der Waals surface area contributed by atoms with Crippen molar-refractivity contribution in [1.29, 1.82) is 0 Å². The number of carbonyl (C=O) groups excluding carboxylic acids is 2. The van der Waals surface area contributed by atoms with Crippen LogP contribution in [0.1, 0.15) is 156 Å². The highest BCUT2D eigenvalue weighted by Gasteiger charge is 2.65. The van der Waals surface area contributed by atoms with Crippen molar-refractivity contribution in [3.8, 4) is 0 Å². The lowest BCUT2D eigenvalue weighted by molar-refractivity contribution is -0.209. The molecule has 0 aliphatic heterocycles. The van der Waals surface area contributed by atoms with Gasteiger partial charge >= 0.3 is 23.6 Å². The van der Waals surface area contributed by atoms with Gasteiger partial charge in [0.15, 0.2) is 6.73 Å². The van der Waals surface area contributed by atoms with Crippen molar-refractivity contribution in [3.63, 3.8) is 0 Å². The summed E-state index contributed by atoms with van der Waals surface area (Å²) in [5, 5.41) is 32.8. The number of aliphatic hydroxyl groups excluding tert-OH is 2. The standard InChI is InChI=1S/C45H71FN2O11/c1-29(16-19-38(51)52)32-17-18-33-41-34(26-37(50)45(32,33)3)44(2)21-20-31(24-30(44)25-36(41)49)57-22-23-58-39(53)14-12-10-8-6-4-5-7-9-11-13-15-40(54)59-28-48-27-35(46)42(55)47-43(48)56/h27,29-34,36-37,41,49-50H,4-26,28H2,1-3H3,(H,51,52)(H,47,55,56)/t29-,30+,31+,32-,33+,34+,36-,37+,41+,44+,45-/m1/s1. The molecule has 59 heavy (non-hydrogen) atoms. The summed E-state index contributed by atoms with van der Waals surface area (Å²) >= 11 is 0. The van der Waals surface area contributed by atoms with Gasteiger partial charge in [0.2, 0.25) is 5.82 Å². The molecule has 0 spiro atoms. The molecule has 1 aromatic heterocycles. The summed E-state index contributed by atoms with van der Waals surface area (Å²) in [6.45, 7) is 6.90. The molecule has 1 heterocycles. The van der Waals surface area contributed by atoms with Crippen LogP contribution in [0.5, 0.6) is 0 Å². The number of unbranched alkanes of at least 4 members (excludes halogenated alkanes) is 9. The average Bonchev–Trinajstić information content (AvgIpc) is 3.55. The number of aliphatic carboxylic acids is 1. The highest BCUT2D eigenvalue weighted by atomic mass is 19.1. The molecule has 5 rings (SSSR count). The van der Waals surface area contributed by atoms with Crippen LogP contribution in [0.2, 0.25) is 0 Å². The van der Waals surface area contributed by atoms with E-state index in [2.05, 4.69) is 20.8 Å². The summed E-state index contributed by atoms with van der Waals surface area (Å²) < 4.78 is 30.8. The predicted molar refractivity (Wildman–Crippen MR) is 218 cm³/mol. The first-order valence-electron chi connectivity index (χ1n) is 22.6. The van der Waals surface area contributed by atoms with Crippen LogP contribution in [0.3, 0.4) is 0 Å². The van der Waals surface area contributed by atoms with Gasteiger partial charge in [0, 0.05) is 19.3 Å². The number of carbonyl (C=O) groups is 3. The van der Waals surface area contributed by atoms with Crippen LogP contribution in [0.15, 0.2) is 15.8 Å². The number of H-pyrrole nitrogens is 1. The Morgan fingerprint density at radius 1 is 0.847 bits per heavy atom. The Hall–Kier alpha value is -3.10. The van der Waals surface area contributed by atoms with Gasteiger partial charge in [-0.2, -0.15) is 4.39 Å². The van der Waals surface area contributed by atoms with E-state index in [0.717, 1.165) is 101 Å². The molecule has 11 atom stereocenters. The van der Waals surface area contributed by atoms with Crippen LogP contribution in [0.25, 0.3) is 0 Å². The number of rotatable bonds is 23. The first kappa shape index (κ1) is 47.0. The van der Waals surface area contributed by atoms with Crippen molar-refractivity contribution in [1.82, 2.24) is 9.55 Å². The number of carboxylic acids is 1. The van der Waals surface area contributed by atoms with Gasteiger partial charge in [0.25, 0.3) is 5.56 Å². The number of ether oxygens (including phenoxy) is 3. The van der Waals surface area contributed by atoms with Crippen LogP contribution in [0, 0.1) is 52.2 Å². The van der Waals surface area contributed by atoms with Crippen molar-refractivity contribution in [2.24, 2.45) is 46.3 Å². The molecule has 4 saturated carbocycles. The van der Waals surface area contributed by atoms with Gasteiger partial charge in [0.05, 0.1) is 31.1 Å². The summed E-state index contributed by atoms with van der Waals surface area (Å²) in [6.07, 6.45) is 17.3. The number of nitrogens with one attached hydrogen (secondary N) is 1.